The van der Waals surface area contributed by atoms with Crippen LogP contribution in [0.4, 0.5) is 0 Å². The molecule has 2 heterocycles. The number of nitrogens with zero attached hydrogens (tertiary/aromatic N) is 2. The number of nitrogens with one attached hydrogen (secondary N) is 1. The summed E-state index contributed by atoms with van der Waals surface area (Å²) in [6.45, 7) is 0.928. The van der Waals surface area contributed by atoms with Crippen molar-refractivity contribution in [1.82, 2.24) is 14.3 Å². The Morgan fingerprint density at radius 2 is 2.00 bits per heavy atom. The first-order valence-electron chi connectivity index (χ1n) is 5.73. The van der Waals surface area contributed by atoms with E-state index in [0.29, 0.717) is 13.1 Å². The average molecular weight is 263 g/mol. The van der Waals surface area contributed by atoms with Crippen LogP contribution in [-0.4, -0.2) is 29.2 Å². The predicted octanol–water partition coefficient (Wildman–Crippen LogP) is 1.16. The van der Waals surface area contributed by atoms with Gasteiger partial charge < -0.3 is 4.98 Å². The summed E-state index contributed by atoms with van der Waals surface area (Å²) in [7, 11) is -3.47. The molecule has 1 aromatic carbocycles. The van der Waals surface area contributed by atoms with E-state index in [4.69, 9.17) is 0 Å². The Hall–Kier alpha value is -1.66. The maximum absolute atomic E-state index is 12.3. The van der Waals surface area contributed by atoms with Gasteiger partial charge in [0.15, 0.2) is 5.03 Å². The molecule has 0 radical (unpaired) electrons. The molecule has 18 heavy (non-hydrogen) atoms. The van der Waals surface area contributed by atoms with Gasteiger partial charge in [-0.05, 0) is 17.5 Å². The van der Waals surface area contributed by atoms with Gasteiger partial charge in [-0.2, -0.15) is 4.31 Å². The first-order valence-corrected chi connectivity index (χ1v) is 7.17. The van der Waals surface area contributed by atoms with Crippen LogP contribution in [-0.2, 0) is 23.0 Å². The fourth-order valence-corrected chi connectivity index (χ4v) is 3.50. The number of hydrogen-bond donors (Lipinski definition) is 1. The number of aromatic nitrogens is 2. The molecule has 0 saturated heterocycles. The lowest BCUT2D eigenvalue weighted by Crippen LogP contribution is -2.36. The Morgan fingerprint density at radius 3 is 2.72 bits per heavy atom. The summed E-state index contributed by atoms with van der Waals surface area (Å²) in [5, 5.41) is 0.0851. The SMILES string of the molecule is O=S(=O)(c1c[nH]cn1)N1CCc2ccccc2C1. The lowest BCUT2D eigenvalue weighted by Gasteiger charge is -2.27. The zero-order chi connectivity index (χ0) is 12.6. The normalized spacial score (nSPS) is 16.4. The Morgan fingerprint density at radius 1 is 1.22 bits per heavy atom. The van der Waals surface area contributed by atoms with Crippen LogP contribution in [0.2, 0.25) is 0 Å². The van der Waals surface area contributed by atoms with Gasteiger partial charge in [0.2, 0.25) is 0 Å². The number of benzene rings is 1. The van der Waals surface area contributed by atoms with Crippen molar-refractivity contribution in [1.29, 1.82) is 0 Å². The molecule has 6 heteroatoms. The van der Waals surface area contributed by atoms with Crippen LogP contribution in [0.15, 0.2) is 41.8 Å². The fraction of sp³-hybridized carbons (Fsp3) is 0.250. The molecule has 94 valence electrons. The molecule has 0 bridgehead atoms. The highest BCUT2D eigenvalue weighted by Gasteiger charge is 2.29. The summed E-state index contributed by atoms with van der Waals surface area (Å²) < 4.78 is 26.1. The third kappa shape index (κ3) is 1.83. The number of H-pyrrole nitrogens is 1. The first kappa shape index (κ1) is 11.4. The summed E-state index contributed by atoms with van der Waals surface area (Å²) in [5.41, 5.74) is 2.30. The van der Waals surface area contributed by atoms with Crippen LogP contribution in [0.1, 0.15) is 11.1 Å². The number of rotatable bonds is 2. The lowest BCUT2D eigenvalue weighted by molar-refractivity contribution is 0.390. The highest BCUT2D eigenvalue weighted by atomic mass is 32.2. The van der Waals surface area contributed by atoms with E-state index < -0.39 is 10.0 Å². The molecule has 2 aromatic rings. The molecule has 0 atom stereocenters. The molecule has 0 spiro atoms. The Kier molecular flexibility index (Phi) is 2.68. The molecule has 0 amide bonds. The van der Waals surface area contributed by atoms with Crippen LogP contribution in [0.5, 0.6) is 0 Å². The van der Waals surface area contributed by atoms with Crippen molar-refractivity contribution < 1.29 is 8.42 Å². The third-order valence-electron chi connectivity index (χ3n) is 3.17. The summed E-state index contributed by atoms with van der Waals surface area (Å²) in [4.78, 5) is 6.51. The van der Waals surface area contributed by atoms with Crippen molar-refractivity contribution in [2.45, 2.75) is 18.0 Å². The molecule has 1 N–H and O–H groups in total. The average Bonchev–Trinajstić information content (AvgIpc) is 2.92. The summed E-state index contributed by atoms with van der Waals surface area (Å²) in [5.74, 6) is 0. The van der Waals surface area contributed by atoms with Gasteiger partial charge in [0, 0.05) is 19.3 Å². The lowest BCUT2D eigenvalue weighted by atomic mass is 10.0. The molecule has 1 aliphatic heterocycles. The number of aromatic amines is 1. The van der Waals surface area contributed by atoms with Crippen molar-refractivity contribution in [2.75, 3.05) is 6.54 Å². The quantitative estimate of drug-likeness (QED) is 0.884. The molecule has 0 saturated carbocycles. The van der Waals surface area contributed by atoms with Crippen molar-refractivity contribution in [2.24, 2.45) is 0 Å². The monoisotopic (exact) mass is 263 g/mol. The molecule has 3 rings (SSSR count). The second-order valence-corrected chi connectivity index (χ2v) is 6.15. The smallest absolute Gasteiger partial charge is 0.262 e. The van der Waals surface area contributed by atoms with Gasteiger partial charge in [-0.1, -0.05) is 24.3 Å². The van der Waals surface area contributed by atoms with E-state index in [-0.39, 0.29) is 5.03 Å². The predicted molar refractivity (Wildman–Crippen MR) is 66.3 cm³/mol. The molecule has 1 aliphatic rings. The number of fused-ring (bicyclic) bond motifs is 1. The minimum atomic E-state index is -3.47. The van der Waals surface area contributed by atoms with Crippen LogP contribution in [0.25, 0.3) is 0 Å². The minimum absolute atomic E-state index is 0.0851. The molecular formula is C12H13N3O2S. The summed E-state index contributed by atoms with van der Waals surface area (Å²) >= 11 is 0. The molecule has 0 unspecified atom stereocenters. The number of hydrogen-bond acceptors (Lipinski definition) is 3. The molecule has 1 aromatic heterocycles. The van der Waals surface area contributed by atoms with Gasteiger partial charge in [0.25, 0.3) is 10.0 Å². The molecular weight excluding hydrogens is 250 g/mol. The first-order chi connectivity index (χ1) is 8.68. The maximum Gasteiger partial charge on any atom is 0.262 e. The molecule has 5 nitrogen and oxygen atoms in total. The Balaban J connectivity index is 1.93. The van der Waals surface area contributed by atoms with Gasteiger partial charge >= 0.3 is 0 Å². The zero-order valence-corrected chi connectivity index (χ0v) is 10.5. The standard InChI is InChI=1S/C12H13N3O2S/c16-18(17,12-7-13-9-14-12)15-6-5-10-3-1-2-4-11(10)8-15/h1-4,7,9H,5-6,8H2,(H,13,14). The summed E-state index contributed by atoms with van der Waals surface area (Å²) in [6.07, 6.45) is 3.54. The largest absolute Gasteiger partial charge is 0.350 e. The van der Waals surface area contributed by atoms with Crippen LogP contribution in [0.3, 0.4) is 0 Å². The van der Waals surface area contributed by atoms with E-state index in [0.717, 1.165) is 12.0 Å². The number of imidazole rings is 1. The second-order valence-electron chi connectivity index (χ2n) is 4.26. The van der Waals surface area contributed by atoms with E-state index in [9.17, 15) is 8.42 Å². The van der Waals surface area contributed by atoms with Gasteiger partial charge in [-0.25, -0.2) is 13.4 Å². The molecule has 0 aliphatic carbocycles. The highest BCUT2D eigenvalue weighted by molar-refractivity contribution is 7.89. The third-order valence-corrected chi connectivity index (χ3v) is 4.92. The Bertz CT molecular complexity index is 650. The van der Waals surface area contributed by atoms with E-state index in [2.05, 4.69) is 9.97 Å². The van der Waals surface area contributed by atoms with Crippen molar-refractivity contribution in [3.05, 3.63) is 47.9 Å². The van der Waals surface area contributed by atoms with Crippen molar-refractivity contribution in [3.8, 4) is 0 Å². The maximum atomic E-state index is 12.3. The van der Waals surface area contributed by atoms with Crippen molar-refractivity contribution in [3.63, 3.8) is 0 Å². The minimum Gasteiger partial charge on any atom is -0.350 e. The van der Waals surface area contributed by atoms with E-state index >= 15 is 0 Å². The van der Waals surface area contributed by atoms with Crippen molar-refractivity contribution >= 4 is 10.0 Å². The number of sulfonamides is 1. The van der Waals surface area contributed by atoms with Gasteiger partial charge in [0.05, 0.1) is 6.33 Å². The second kappa shape index (κ2) is 4.22. The Labute approximate surface area is 106 Å². The highest BCUT2D eigenvalue weighted by Crippen LogP contribution is 2.23. The van der Waals surface area contributed by atoms with E-state index in [1.165, 1.54) is 22.4 Å². The van der Waals surface area contributed by atoms with E-state index in [1.807, 2.05) is 24.3 Å². The van der Waals surface area contributed by atoms with Gasteiger partial charge in [0.1, 0.15) is 0 Å². The van der Waals surface area contributed by atoms with Gasteiger partial charge in [-0.15, -0.1) is 0 Å². The van der Waals surface area contributed by atoms with E-state index in [1.54, 1.807) is 0 Å². The molecule has 0 fully saturated rings. The fourth-order valence-electron chi connectivity index (χ4n) is 2.20. The topological polar surface area (TPSA) is 66.1 Å². The van der Waals surface area contributed by atoms with Crippen LogP contribution < -0.4 is 0 Å². The van der Waals surface area contributed by atoms with Gasteiger partial charge in [-0.3, -0.25) is 0 Å². The van der Waals surface area contributed by atoms with Crippen LogP contribution in [0, 0.1) is 0 Å². The summed E-state index contributed by atoms with van der Waals surface area (Å²) in [6, 6.07) is 7.94. The zero-order valence-electron chi connectivity index (χ0n) is 9.70. The van der Waals surface area contributed by atoms with Crippen LogP contribution >= 0.6 is 0 Å².